The van der Waals surface area contributed by atoms with Crippen LogP contribution in [0.25, 0.3) is 0 Å². The zero-order valence-electron chi connectivity index (χ0n) is 24.9. The lowest BCUT2D eigenvalue weighted by Crippen LogP contribution is -2.38. The van der Waals surface area contributed by atoms with E-state index in [1.165, 1.54) is 11.1 Å². The molecular formula is C32H48Br2O4. The molecule has 1 saturated heterocycles. The van der Waals surface area contributed by atoms with Gasteiger partial charge in [-0.15, -0.1) is 0 Å². The lowest BCUT2D eigenvalue weighted by molar-refractivity contribution is -0.212. The number of methoxy groups -OCH3 is 2. The fraction of sp³-hybridized carbons (Fsp3) is 0.625. The van der Waals surface area contributed by atoms with E-state index in [9.17, 15) is 0 Å². The number of alkyl halides is 2. The molecule has 4 nitrogen and oxygen atoms in total. The first kappa shape index (κ1) is 33.4. The first-order chi connectivity index (χ1) is 17.8. The van der Waals surface area contributed by atoms with Gasteiger partial charge in [-0.2, -0.15) is 0 Å². The maximum atomic E-state index is 6.16. The van der Waals surface area contributed by atoms with Crippen molar-refractivity contribution in [1.29, 1.82) is 0 Å². The van der Waals surface area contributed by atoms with Crippen molar-refractivity contribution in [1.82, 2.24) is 0 Å². The summed E-state index contributed by atoms with van der Waals surface area (Å²) in [7, 11) is 3.34. The van der Waals surface area contributed by atoms with Crippen LogP contribution < -0.4 is 0 Å². The molecule has 214 valence electrons. The van der Waals surface area contributed by atoms with Gasteiger partial charge in [-0.05, 0) is 63.5 Å². The average molecular weight is 657 g/mol. The van der Waals surface area contributed by atoms with E-state index >= 15 is 0 Å². The highest BCUT2D eigenvalue weighted by molar-refractivity contribution is 9.09. The first-order valence-electron chi connectivity index (χ1n) is 13.7. The molecule has 1 heterocycles. The molecule has 4 unspecified atom stereocenters. The minimum atomic E-state index is -0.726. The lowest BCUT2D eigenvalue weighted by atomic mass is 9.97. The Hall–Kier alpha value is -0.760. The maximum Gasteiger partial charge on any atom is 0.208 e. The molecule has 0 amide bonds. The molecule has 0 spiro atoms. The molecule has 0 radical (unpaired) electrons. The number of rotatable bonds is 10. The molecule has 38 heavy (non-hydrogen) atoms. The third-order valence-electron chi connectivity index (χ3n) is 7.04. The predicted molar refractivity (Wildman–Crippen MR) is 165 cm³/mol. The quantitative estimate of drug-likeness (QED) is 0.189. The Morgan fingerprint density at radius 2 is 1.13 bits per heavy atom. The summed E-state index contributed by atoms with van der Waals surface area (Å²) in [6.45, 7) is 17.2. The smallest absolute Gasteiger partial charge is 0.208 e. The van der Waals surface area contributed by atoms with Crippen molar-refractivity contribution in [2.45, 2.75) is 102 Å². The first-order valence-corrected chi connectivity index (χ1v) is 15.6. The molecule has 1 aliphatic heterocycles. The summed E-state index contributed by atoms with van der Waals surface area (Å²) in [5.74, 6) is -0.0598. The van der Waals surface area contributed by atoms with E-state index in [2.05, 4.69) is 129 Å². The monoisotopic (exact) mass is 654 g/mol. The summed E-state index contributed by atoms with van der Waals surface area (Å²) in [6.07, 6.45) is 2.40. The van der Waals surface area contributed by atoms with Crippen LogP contribution in [0.2, 0.25) is 0 Å². The average Bonchev–Trinajstić information content (AvgIpc) is 3.16. The molecule has 4 atom stereocenters. The Kier molecular flexibility index (Phi) is 13.0. The van der Waals surface area contributed by atoms with Gasteiger partial charge in [0.05, 0.1) is 21.9 Å². The van der Waals surface area contributed by atoms with E-state index in [1.807, 2.05) is 6.92 Å². The van der Waals surface area contributed by atoms with Gasteiger partial charge in [-0.1, -0.05) is 108 Å². The minimum Gasteiger partial charge on any atom is -0.348 e. The SMILES string of the molecule is CC(C)Cc1ccc(C2(C(C)Br)OC(C)C(C)O2)cc1.COC(OC)(c1ccc(CC(C)C)cc1)C(C)Br. The van der Waals surface area contributed by atoms with Gasteiger partial charge in [0, 0.05) is 25.3 Å². The number of halogens is 2. The van der Waals surface area contributed by atoms with E-state index in [4.69, 9.17) is 18.9 Å². The van der Waals surface area contributed by atoms with Crippen LogP contribution in [0, 0.1) is 11.8 Å². The van der Waals surface area contributed by atoms with Crippen molar-refractivity contribution < 1.29 is 18.9 Å². The van der Waals surface area contributed by atoms with E-state index in [0.29, 0.717) is 11.8 Å². The van der Waals surface area contributed by atoms with Crippen LogP contribution in [0.1, 0.15) is 77.6 Å². The molecule has 0 saturated carbocycles. The summed E-state index contributed by atoms with van der Waals surface area (Å²) < 4.78 is 23.5. The molecule has 1 fully saturated rings. The van der Waals surface area contributed by atoms with Crippen molar-refractivity contribution in [2.24, 2.45) is 11.8 Å². The van der Waals surface area contributed by atoms with Gasteiger partial charge in [0.1, 0.15) is 0 Å². The van der Waals surface area contributed by atoms with Gasteiger partial charge in [0.25, 0.3) is 0 Å². The lowest BCUT2D eigenvalue weighted by Gasteiger charge is -2.34. The molecule has 2 aromatic rings. The summed E-state index contributed by atoms with van der Waals surface area (Å²) in [5, 5.41) is 0. The van der Waals surface area contributed by atoms with Gasteiger partial charge in [0.15, 0.2) is 0 Å². The van der Waals surface area contributed by atoms with Gasteiger partial charge in [-0.3, -0.25) is 0 Å². The third kappa shape index (κ3) is 8.14. The van der Waals surface area contributed by atoms with Crippen LogP contribution in [0.5, 0.6) is 0 Å². The highest BCUT2D eigenvalue weighted by Gasteiger charge is 2.48. The van der Waals surface area contributed by atoms with Gasteiger partial charge >= 0.3 is 0 Å². The number of ether oxygens (including phenoxy) is 4. The van der Waals surface area contributed by atoms with Crippen LogP contribution >= 0.6 is 31.9 Å². The number of hydrogen-bond acceptors (Lipinski definition) is 4. The summed E-state index contributed by atoms with van der Waals surface area (Å²) in [4.78, 5) is 0.161. The molecule has 0 aliphatic carbocycles. The Balaban J connectivity index is 0.000000269. The van der Waals surface area contributed by atoms with E-state index < -0.39 is 11.6 Å². The van der Waals surface area contributed by atoms with Crippen LogP contribution in [-0.2, 0) is 43.4 Å². The molecule has 0 N–H and O–H groups in total. The normalized spacial score (nSPS) is 23.3. The zero-order valence-corrected chi connectivity index (χ0v) is 28.1. The summed E-state index contributed by atoms with van der Waals surface area (Å²) in [5.41, 5.74) is 4.83. The fourth-order valence-electron chi connectivity index (χ4n) is 4.89. The number of hydrogen-bond donors (Lipinski definition) is 0. The van der Waals surface area contributed by atoms with Crippen molar-refractivity contribution in [2.75, 3.05) is 14.2 Å². The van der Waals surface area contributed by atoms with Crippen LogP contribution in [0.4, 0.5) is 0 Å². The molecule has 0 bridgehead atoms. The second-order valence-corrected chi connectivity index (χ2v) is 14.0. The van der Waals surface area contributed by atoms with Crippen LogP contribution in [0.15, 0.2) is 48.5 Å². The highest BCUT2D eigenvalue weighted by Crippen LogP contribution is 2.43. The largest absolute Gasteiger partial charge is 0.348 e. The highest BCUT2D eigenvalue weighted by atomic mass is 79.9. The van der Waals surface area contributed by atoms with Gasteiger partial charge in [0.2, 0.25) is 11.6 Å². The molecule has 0 aromatic heterocycles. The Labute approximate surface area is 248 Å². The second-order valence-electron chi connectivity index (χ2n) is 11.2. The molecule has 3 rings (SSSR count). The Morgan fingerprint density at radius 3 is 1.45 bits per heavy atom. The Morgan fingerprint density at radius 1 is 0.737 bits per heavy atom. The van der Waals surface area contributed by atoms with Crippen LogP contribution in [0.3, 0.4) is 0 Å². The van der Waals surface area contributed by atoms with E-state index in [0.717, 1.165) is 24.0 Å². The second kappa shape index (κ2) is 14.7. The Bertz CT molecular complexity index is 940. The number of benzene rings is 2. The summed E-state index contributed by atoms with van der Waals surface area (Å²) in [6, 6.07) is 17.1. The van der Waals surface area contributed by atoms with Crippen LogP contribution in [-0.4, -0.2) is 36.1 Å². The van der Waals surface area contributed by atoms with Crippen molar-refractivity contribution in [3.63, 3.8) is 0 Å². The zero-order chi connectivity index (χ0) is 28.7. The molecule has 2 aromatic carbocycles. The minimum absolute atomic E-state index is 0.0657. The van der Waals surface area contributed by atoms with Crippen molar-refractivity contribution in [3.8, 4) is 0 Å². The topological polar surface area (TPSA) is 36.9 Å². The van der Waals surface area contributed by atoms with Gasteiger partial charge < -0.3 is 18.9 Å². The third-order valence-corrected chi connectivity index (χ3v) is 8.24. The van der Waals surface area contributed by atoms with Gasteiger partial charge in [-0.25, -0.2) is 0 Å². The summed E-state index contributed by atoms with van der Waals surface area (Å²) >= 11 is 7.22. The van der Waals surface area contributed by atoms with E-state index in [1.54, 1.807) is 14.2 Å². The maximum absolute atomic E-state index is 6.16. The predicted octanol–water partition coefficient (Wildman–Crippen LogP) is 8.76. The van der Waals surface area contributed by atoms with Crippen molar-refractivity contribution in [3.05, 3.63) is 70.8 Å². The van der Waals surface area contributed by atoms with E-state index in [-0.39, 0.29) is 21.9 Å². The molecule has 6 heteroatoms. The van der Waals surface area contributed by atoms with Crippen molar-refractivity contribution >= 4 is 31.9 Å². The fourth-order valence-corrected chi connectivity index (χ4v) is 6.01. The molecule has 1 aliphatic rings. The molecular weight excluding hydrogens is 608 g/mol. The standard InChI is InChI=1S/C17H25BrO2.C15H23BrO2/c1-11(2)10-15-6-8-16(9-7-15)17(14(5)18)19-12(3)13(4)20-17;1-11(2)10-13-6-8-14(9-7-13)15(17-4,18-5)12(3)16/h6-9,11-14H,10H2,1-5H3;6-9,11-12H,10H2,1-5H3.